The number of fused-ring (bicyclic) bond motifs is 1. The van der Waals surface area contributed by atoms with Crippen LogP contribution in [0.1, 0.15) is 19.4 Å². The Labute approximate surface area is 151 Å². The van der Waals surface area contributed by atoms with Gasteiger partial charge in [-0.15, -0.1) is 5.10 Å². The molecule has 0 atom stereocenters. The molecule has 0 aliphatic rings. The zero-order valence-corrected chi connectivity index (χ0v) is 15.5. The van der Waals surface area contributed by atoms with E-state index in [0.717, 1.165) is 29.1 Å². The SMILES string of the molecule is CCN(CC)c1ccc(/C=N/N=c2/sc3ccccc3n2C)c(O)c1. The highest BCUT2D eigenvalue weighted by atomic mass is 32.1. The van der Waals surface area contributed by atoms with Gasteiger partial charge >= 0.3 is 0 Å². The number of phenolic OH excluding ortho intramolecular Hbond substituents is 1. The summed E-state index contributed by atoms with van der Waals surface area (Å²) in [5.74, 6) is 0.212. The summed E-state index contributed by atoms with van der Waals surface area (Å²) in [7, 11) is 1.98. The van der Waals surface area contributed by atoms with Crippen LogP contribution in [0.2, 0.25) is 0 Å². The fourth-order valence-electron chi connectivity index (χ4n) is 2.75. The van der Waals surface area contributed by atoms with Crippen molar-refractivity contribution < 1.29 is 5.11 Å². The van der Waals surface area contributed by atoms with E-state index in [2.05, 4.69) is 41.1 Å². The van der Waals surface area contributed by atoms with E-state index < -0.39 is 0 Å². The molecule has 0 aliphatic carbocycles. The van der Waals surface area contributed by atoms with E-state index >= 15 is 0 Å². The molecular weight excluding hydrogens is 332 g/mol. The Bertz CT molecular complexity index is 967. The highest BCUT2D eigenvalue weighted by Gasteiger charge is 2.05. The number of aromatic nitrogens is 1. The Kier molecular flexibility index (Phi) is 5.19. The zero-order valence-electron chi connectivity index (χ0n) is 14.7. The summed E-state index contributed by atoms with van der Waals surface area (Å²) in [4.78, 5) is 3.00. The van der Waals surface area contributed by atoms with Gasteiger partial charge in [0.05, 0.1) is 16.4 Å². The molecule has 0 radical (unpaired) electrons. The summed E-state index contributed by atoms with van der Waals surface area (Å²) in [5.41, 5.74) is 2.80. The van der Waals surface area contributed by atoms with Crippen LogP contribution in [0, 0.1) is 0 Å². The molecule has 0 saturated carbocycles. The summed E-state index contributed by atoms with van der Waals surface area (Å²) < 4.78 is 3.19. The van der Waals surface area contributed by atoms with Crippen molar-refractivity contribution in [3.63, 3.8) is 0 Å². The highest BCUT2D eigenvalue weighted by molar-refractivity contribution is 7.16. The number of aromatic hydroxyl groups is 1. The number of thiazole rings is 1. The van der Waals surface area contributed by atoms with E-state index in [1.165, 1.54) is 4.70 Å². The van der Waals surface area contributed by atoms with Crippen molar-refractivity contribution in [2.24, 2.45) is 17.3 Å². The van der Waals surface area contributed by atoms with Crippen LogP contribution < -0.4 is 9.70 Å². The van der Waals surface area contributed by atoms with Crippen LogP contribution in [-0.2, 0) is 7.05 Å². The molecule has 0 saturated heterocycles. The normalized spacial score (nSPS) is 12.4. The first-order valence-electron chi connectivity index (χ1n) is 8.33. The molecule has 1 aromatic heterocycles. The van der Waals surface area contributed by atoms with Gasteiger partial charge in [-0.05, 0) is 38.1 Å². The fourth-order valence-corrected chi connectivity index (χ4v) is 3.72. The summed E-state index contributed by atoms with van der Waals surface area (Å²) in [6.45, 7) is 6.00. The molecule has 0 amide bonds. The number of aryl methyl sites for hydroxylation is 1. The second-order valence-corrected chi connectivity index (χ2v) is 6.68. The van der Waals surface area contributed by atoms with E-state index in [9.17, 15) is 5.11 Å². The molecule has 0 bridgehead atoms. The number of anilines is 1. The van der Waals surface area contributed by atoms with Crippen LogP contribution in [0.15, 0.2) is 52.7 Å². The summed E-state index contributed by atoms with van der Waals surface area (Å²) in [6.07, 6.45) is 1.59. The van der Waals surface area contributed by atoms with Crippen molar-refractivity contribution in [2.75, 3.05) is 18.0 Å². The van der Waals surface area contributed by atoms with Gasteiger partial charge in [0, 0.05) is 37.5 Å². The number of rotatable bonds is 5. The summed E-state index contributed by atoms with van der Waals surface area (Å²) >= 11 is 1.59. The third-order valence-electron chi connectivity index (χ3n) is 4.20. The average Bonchev–Trinajstić information content (AvgIpc) is 2.94. The van der Waals surface area contributed by atoms with Gasteiger partial charge in [-0.2, -0.15) is 5.10 Å². The maximum atomic E-state index is 10.2. The minimum Gasteiger partial charge on any atom is -0.507 e. The van der Waals surface area contributed by atoms with Gasteiger partial charge in [0.2, 0.25) is 4.80 Å². The van der Waals surface area contributed by atoms with Gasteiger partial charge in [-0.1, -0.05) is 23.5 Å². The number of benzene rings is 2. The first kappa shape index (κ1) is 17.2. The van der Waals surface area contributed by atoms with E-state index in [0.29, 0.717) is 5.56 Å². The molecule has 1 heterocycles. The number of para-hydroxylation sites is 1. The van der Waals surface area contributed by atoms with Gasteiger partial charge in [-0.25, -0.2) is 0 Å². The summed E-state index contributed by atoms with van der Waals surface area (Å²) in [5, 5.41) is 18.7. The molecule has 5 nitrogen and oxygen atoms in total. The monoisotopic (exact) mass is 354 g/mol. The number of phenols is 1. The van der Waals surface area contributed by atoms with Gasteiger partial charge < -0.3 is 14.6 Å². The standard InChI is InChI=1S/C19H22N4OS/c1-4-23(5-2)15-11-10-14(17(24)12-15)13-20-21-19-22(3)16-8-6-7-9-18(16)25-19/h6-13,24H,4-5H2,1-3H3/b20-13+,21-19+. The van der Waals surface area contributed by atoms with Crippen molar-refractivity contribution in [3.05, 3.63) is 52.8 Å². The third-order valence-corrected chi connectivity index (χ3v) is 5.30. The van der Waals surface area contributed by atoms with E-state index in [1.54, 1.807) is 23.6 Å². The third kappa shape index (κ3) is 3.58. The average molecular weight is 354 g/mol. The predicted molar refractivity (Wildman–Crippen MR) is 106 cm³/mol. The highest BCUT2D eigenvalue weighted by Crippen LogP contribution is 2.23. The Morgan fingerprint density at radius 2 is 1.92 bits per heavy atom. The predicted octanol–water partition coefficient (Wildman–Crippen LogP) is 3.73. The largest absolute Gasteiger partial charge is 0.507 e. The fraction of sp³-hybridized carbons (Fsp3) is 0.263. The van der Waals surface area contributed by atoms with Crippen molar-refractivity contribution in [1.29, 1.82) is 0 Å². The minimum absolute atomic E-state index is 0.212. The molecule has 2 aromatic carbocycles. The smallest absolute Gasteiger partial charge is 0.211 e. The quantitative estimate of drug-likeness (QED) is 0.561. The van der Waals surface area contributed by atoms with Crippen molar-refractivity contribution in [2.45, 2.75) is 13.8 Å². The number of nitrogens with zero attached hydrogens (tertiary/aromatic N) is 4. The first-order valence-corrected chi connectivity index (χ1v) is 9.15. The maximum Gasteiger partial charge on any atom is 0.211 e. The van der Waals surface area contributed by atoms with Crippen LogP contribution in [-0.4, -0.2) is 29.0 Å². The lowest BCUT2D eigenvalue weighted by atomic mass is 10.2. The van der Waals surface area contributed by atoms with Gasteiger partial charge in [-0.3, -0.25) is 0 Å². The minimum atomic E-state index is 0.212. The maximum absolute atomic E-state index is 10.2. The topological polar surface area (TPSA) is 53.1 Å². The van der Waals surface area contributed by atoms with Crippen LogP contribution in [0.3, 0.4) is 0 Å². The van der Waals surface area contributed by atoms with Gasteiger partial charge in [0.15, 0.2) is 0 Å². The van der Waals surface area contributed by atoms with Crippen molar-refractivity contribution in [1.82, 2.24) is 4.57 Å². The Morgan fingerprint density at radius 1 is 1.16 bits per heavy atom. The molecule has 6 heteroatoms. The van der Waals surface area contributed by atoms with Crippen LogP contribution in [0.25, 0.3) is 10.2 Å². The van der Waals surface area contributed by atoms with E-state index in [-0.39, 0.29) is 5.75 Å². The lowest BCUT2D eigenvalue weighted by Gasteiger charge is -2.21. The molecule has 0 unspecified atom stereocenters. The van der Waals surface area contributed by atoms with E-state index in [4.69, 9.17) is 0 Å². The Morgan fingerprint density at radius 3 is 2.60 bits per heavy atom. The molecule has 130 valence electrons. The lowest BCUT2D eigenvalue weighted by molar-refractivity contribution is 0.474. The molecule has 3 rings (SSSR count). The second kappa shape index (κ2) is 7.53. The number of hydrogen-bond donors (Lipinski definition) is 1. The number of hydrogen-bond acceptors (Lipinski definition) is 5. The van der Waals surface area contributed by atoms with Gasteiger partial charge in [0.25, 0.3) is 0 Å². The molecule has 0 fully saturated rings. The van der Waals surface area contributed by atoms with Crippen molar-refractivity contribution >= 4 is 33.5 Å². The lowest BCUT2D eigenvalue weighted by Crippen LogP contribution is -2.21. The molecule has 0 spiro atoms. The Balaban J connectivity index is 1.87. The van der Waals surface area contributed by atoms with Crippen LogP contribution >= 0.6 is 11.3 Å². The molecule has 25 heavy (non-hydrogen) atoms. The van der Waals surface area contributed by atoms with E-state index in [1.807, 2.05) is 35.9 Å². The second-order valence-electron chi connectivity index (χ2n) is 5.67. The first-order chi connectivity index (χ1) is 12.1. The molecular formula is C19H22N4OS. The zero-order chi connectivity index (χ0) is 17.8. The van der Waals surface area contributed by atoms with Gasteiger partial charge in [0.1, 0.15) is 5.75 Å². The van der Waals surface area contributed by atoms with Crippen LogP contribution in [0.5, 0.6) is 5.75 Å². The van der Waals surface area contributed by atoms with Crippen LogP contribution in [0.4, 0.5) is 5.69 Å². The molecule has 1 N–H and O–H groups in total. The molecule has 0 aliphatic heterocycles. The molecule has 3 aromatic rings. The summed E-state index contributed by atoms with van der Waals surface area (Å²) in [6, 6.07) is 13.8. The van der Waals surface area contributed by atoms with Crippen molar-refractivity contribution in [3.8, 4) is 5.75 Å². The Hall–Kier alpha value is -2.60.